The molecule has 0 aliphatic heterocycles. The topological polar surface area (TPSA) is 143 Å². The van der Waals surface area contributed by atoms with E-state index in [4.69, 9.17) is 18.9 Å². The van der Waals surface area contributed by atoms with Crippen LogP contribution in [0.4, 0.5) is 4.79 Å². The molecule has 12 nitrogen and oxygen atoms in total. The van der Waals surface area contributed by atoms with Crippen LogP contribution in [0.2, 0.25) is 0 Å². The smallest absolute Gasteiger partial charge is 0.465 e. The van der Waals surface area contributed by atoms with Crippen molar-refractivity contribution >= 4 is 23.2 Å². The van der Waals surface area contributed by atoms with Crippen molar-refractivity contribution in [1.82, 2.24) is 30.2 Å². The van der Waals surface area contributed by atoms with Crippen molar-refractivity contribution < 1.29 is 28.5 Å². The second-order valence-corrected chi connectivity index (χ2v) is 10.4. The van der Waals surface area contributed by atoms with Gasteiger partial charge in [-0.1, -0.05) is 61.0 Å². The van der Waals surface area contributed by atoms with E-state index in [0.717, 1.165) is 54.4 Å². The summed E-state index contributed by atoms with van der Waals surface area (Å²) in [6.07, 6.45) is 3.83. The van der Waals surface area contributed by atoms with Crippen molar-refractivity contribution in [2.24, 2.45) is 0 Å². The molecule has 2 aromatic heterocycles. The summed E-state index contributed by atoms with van der Waals surface area (Å²) in [5, 5.41) is 14.4. The Hall–Kier alpha value is -5.26. The first kappa shape index (κ1) is 28.8. The third kappa shape index (κ3) is 6.38. The normalized spacial score (nSPS) is 13.5. The van der Waals surface area contributed by atoms with Gasteiger partial charge < -0.3 is 18.9 Å². The number of ether oxygens (including phenoxy) is 4. The van der Waals surface area contributed by atoms with Crippen molar-refractivity contribution in [3.8, 4) is 28.5 Å². The summed E-state index contributed by atoms with van der Waals surface area (Å²) in [5.41, 5.74) is 5.18. The minimum Gasteiger partial charge on any atom is -0.465 e. The summed E-state index contributed by atoms with van der Waals surface area (Å²) < 4.78 is 23.4. The third-order valence-electron chi connectivity index (χ3n) is 7.53. The molecule has 1 saturated carbocycles. The summed E-state index contributed by atoms with van der Waals surface area (Å²) >= 11 is 0. The summed E-state index contributed by atoms with van der Waals surface area (Å²) in [6.45, 7) is 2.09. The molecule has 2 heterocycles. The molecule has 0 bridgehead atoms. The van der Waals surface area contributed by atoms with Crippen LogP contribution in [-0.4, -0.2) is 61.8 Å². The Kier molecular flexibility index (Phi) is 8.76. The Balaban J connectivity index is 1.20. The number of H-pyrrole nitrogens is 1. The van der Waals surface area contributed by atoms with Crippen molar-refractivity contribution in [3.63, 3.8) is 0 Å². The van der Waals surface area contributed by atoms with Gasteiger partial charge in [0.25, 0.3) is 6.01 Å². The largest absolute Gasteiger partial charge is 0.511 e. The summed E-state index contributed by atoms with van der Waals surface area (Å²) in [6, 6.07) is 21.5. The van der Waals surface area contributed by atoms with Gasteiger partial charge in [-0.05, 0) is 66.6 Å². The van der Waals surface area contributed by atoms with Crippen LogP contribution in [0, 0.1) is 0 Å². The zero-order valence-corrected chi connectivity index (χ0v) is 24.3. The predicted octanol–water partition coefficient (Wildman–Crippen LogP) is 5.93. The highest BCUT2D eigenvalue weighted by Crippen LogP contribution is 2.31. The summed E-state index contributed by atoms with van der Waals surface area (Å²) in [7, 11) is 0. The Bertz CT molecular complexity index is 1730. The number of nitrogens with one attached hydrogen (secondary N) is 1. The number of fused-ring (bicyclic) bond motifs is 1. The van der Waals surface area contributed by atoms with E-state index >= 15 is 0 Å². The van der Waals surface area contributed by atoms with Gasteiger partial charge in [-0.2, -0.15) is 10.2 Å². The SMILES string of the molecule is CCOc1nc2cccc(C(=O)OCOC(=O)OC3CCCCC3)c2n1Cc1ccc(-c2ccccc2-c2nn[nH]n2)cc1. The van der Waals surface area contributed by atoms with Gasteiger partial charge in [0.05, 0.1) is 29.7 Å². The minimum absolute atomic E-state index is 0.152. The van der Waals surface area contributed by atoms with E-state index < -0.39 is 18.9 Å². The summed E-state index contributed by atoms with van der Waals surface area (Å²) in [5.74, 6) is -0.138. The number of tetrazole rings is 1. The first-order valence-electron chi connectivity index (χ1n) is 14.7. The molecule has 44 heavy (non-hydrogen) atoms. The van der Waals surface area contributed by atoms with Gasteiger partial charge in [0.2, 0.25) is 12.6 Å². The molecule has 1 aliphatic rings. The van der Waals surface area contributed by atoms with Crippen LogP contribution in [0.5, 0.6) is 6.01 Å². The highest BCUT2D eigenvalue weighted by Gasteiger charge is 2.22. The molecule has 3 aromatic carbocycles. The number of imidazole rings is 1. The fraction of sp³-hybridized carbons (Fsp3) is 0.312. The molecular formula is C32H32N6O6. The standard InChI is InChI=1S/C32H32N6O6/c1-2-41-31-33-27-14-8-13-26(30(39)42-20-43-32(40)44-23-9-4-3-5-10-23)28(27)38(31)19-21-15-17-22(18-16-21)24-11-6-7-12-25(24)29-34-36-37-35-29/h6-8,11-18,23H,2-5,9-10,19-20H2,1H3,(H,34,35,36,37). The number of para-hydroxylation sites is 1. The minimum atomic E-state index is -0.838. The van der Waals surface area contributed by atoms with Crippen LogP contribution in [0.25, 0.3) is 33.5 Å². The van der Waals surface area contributed by atoms with E-state index in [1.165, 1.54) is 0 Å². The van der Waals surface area contributed by atoms with Crippen molar-refractivity contribution in [2.75, 3.05) is 13.4 Å². The lowest BCUT2D eigenvalue weighted by atomic mass is 9.98. The fourth-order valence-corrected chi connectivity index (χ4v) is 5.45. The monoisotopic (exact) mass is 596 g/mol. The average Bonchev–Trinajstić information content (AvgIpc) is 3.71. The maximum Gasteiger partial charge on any atom is 0.511 e. The van der Waals surface area contributed by atoms with Crippen LogP contribution in [0.3, 0.4) is 0 Å². The number of esters is 1. The first-order chi connectivity index (χ1) is 21.6. The first-order valence-corrected chi connectivity index (χ1v) is 14.7. The number of aromatic amines is 1. The Labute approximate surface area is 253 Å². The van der Waals surface area contributed by atoms with Crippen LogP contribution in [-0.2, 0) is 20.8 Å². The molecule has 0 unspecified atom stereocenters. The molecule has 5 aromatic rings. The van der Waals surface area contributed by atoms with Crippen LogP contribution in [0.1, 0.15) is 54.9 Å². The summed E-state index contributed by atoms with van der Waals surface area (Å²) in [4.78, 5) is 29.9. The van der Waals surface area contributed by atoms with Gasteiger partial charge in [0.1, 0.15) is 6.10 Å². The molecule has 0 atom stereocenters. The second-order valence-electron chi connectivity index (χ2n) is 10.4. The number of carbonyl (C=O) groups is 2. The van der Waals surface area contributed by atoms with Crippen molar-refractivity contribution in [1.29, 1.82) is 0 Å². The van der Waals surface area contributed by atoms with Crippen LogP contribution >= 0.6 is 0 Å². The number of hydrogen-bond donors (Lipinski definition) is 1. The number of benzene rings is 3. The Morgan fingerprint density at radius 3 is 2.48 bits per heavy atom. The highest BCUT2D eigenvalue weighted by atomic mass is 16.8. The molecule has 0 saturated heterocycles. The van der Waals surface area contributed by atoms with Gasteiger partial charge in [-0.25, -0.2) is 9.59 Å². The number of nitrogens with zero attached hydrogens (tertiary/aromatic N) is 5. The molecule has 1 aliphatic carbocycles. The van der Waals surface area contributed by atoms with Crippen molar-refractivity contribution in [3.05, 3.63) is 77.9 Å². The Morgan fingerprint density at radius 2 is 1.73 bits per heavy atom. The molecule has 12 heteroatoms. The lowest BCUT2D eigenvalue weighted by Crippen LogP contribution is -2.22. The lowest BCUT2D eigenvalue weighted by Gasteiger charge is -2.21. The van der Waals surface area contributed by atoms with Crippen LogP contribution in [0.15, 0.2) is 66.7 Å². The number of aromatic nitrogens is 6. The van der Waals surface area contributed by atoms with Crippen molar-refractivity contribution in [2.45, 2.75) is 51.7 Å². The van der Waals surface area contributed by atoms with Gasteiger partial charge in [0, 0.05) is 5.56 Å². The molecule has 0 amide bonds. The lowest BCUT2D eigenvalue weighted by molar-refractivity contribution is -0.0429. The fourth-order valence-electron chi connectivity index (χ4n) is 5.45. The van der Waals surface area contributed by atoms with E-state index in [2.05, 4.69) is 25.6 Å². The zero-order chi connectivity index (χ0) is 30.3. The number of carbonyl (C=O) groups excluding carboxylic acids is 2. The van der Waals surface area contributed by atoms with E-state index in [0.29, 0.717) is 36.0 Å². The van der Waals surface area contributed by atoms with Gasteiger partial charge in [-0.3, -0.25) is 4.57 Å². The maximum atomic E-state index is 13.2. The third-order valence-corrected chi connectivity index (χ3v) is 7.53. The van der Waals surface area contributed by atoms with Gasteiger partial charge in [-0.15, -0.1) is 10.2 Å². The number of hydrogen-bond acceptors (Lipinski definition) is 10. The highest BCUT2D eigenvalue weighted by molar-refractivity contribution is 6.02. The van der Waals surface area contributed by atoms with E-state index in [1.807, 2.05) is 60.0 Å². The van der Waals surface area contributed by atoms with E-state index in [-0.39, 0.29) is 11.7 Å². The molecule has 6 rings (SSSR count). The zero-order valence-electron chi connectivity index (χ0n) is 24.3. The average molecular weight is 597 g/mol. The Morgan fingerprint density at radius 1 is 0.932 bits per heavy atom. The maximum absolute atomic E-state index is 13.2. The molecule has 0 radical (unpaired) electrons. The molecule has 1 N–H and O–H groups in total. The van der Waals surface area contributed by atoms with E-state index in [9.17, 15) is 9.59 Å². The number of rotatable bonds is 10. The predicted molar refractivity (Wildman–Crippen MR) is 160 cm³/mol. The molecular weight excluding hydrogens is 564 g/mol. The molecule has 226 valence electrons. The van der Waals surface area contributed by atoms with Gasteiger partial charge >= 0.3 is 12.1 Å². The molecule has 1 fully saturated rings. The second kappa shape index (κ2) is 13.4. The van der Waals surface area contributed by atoms with E-state index in [1.54, 1.807) is 18.2 Å². The van der Waals surface area contributed by atoms with Gasteiger partial charge in [0.15, 0.2) is 0 Å². The quantitative estimate of drug-likeness (QED) is 0.152. The molecule has 0 spiro atoms. The van der Waals surface area contributed by atoms with Crippen LogP contribution < -0.4 is 4.74 Å².